The standard InChI is InChI=1S/C18H19FN6OS2/c1-27-18-23-16-15(28-18)17(21-11-20-16)25-8-6-24(7-9-25)10-14(26)22-13-5-3-2-4-12(13)19/h2-5,11H,6-10H2,1H3,(H,22,26). The van der Waals surface area contributed by atoms with Crippen molar-refractivity contribution < 1.29 is 9.18 Å². The van der Waals surface area contributed by atoms with Crippen molar-refractivity contribution in [1.29, 1.82) is 0 Å². The van der Waals surface area contributed by atoms with Crippen LogP contribution < -0.4 is 10.2 Å². The largest absolute Gasteiger partial charge is 0.353 e. The number of anilines is 2. The fourth-order valence-corrected chi connectivity index (χ4v) is 4.64. The summed E-state index contributed by atoms with van der Waals surface area (Å²) >= 11 is 3.20. The van der Waals surface area contributed by atoms with Crippen molar-refractivity contribution in [3.8, 4) is 0 Å². The highest BCUT2D eigenvalue weighted by Crippen LogP contribution is 2.33. The first-order valence-electron chi connectivity index (χ1n) is 8.81. The molecule has 7 nitrogen and oxygen atoms in total. The number of aromatic nitrogens is 3. The molecule has 0 unspecified atom stereocenters. The van der Waals surface area contributed by atoms with Gasteiger partial charge in [0.15, 0.2) is 15.8 Å². The van der Waals surface area contributed by atoms with E-state index in [2.05, 4.69) is 30.1 Å². The summed E-state index contributed by atoms with van der Waals surface area (Å²) in [6.45, 7) is 3.20. The lowest BCUT2D eigenvalue weighted by atomic mass is 10.3. The highest BCUT2D eigenvalue weighted by Gasteiger charge is 2.23. The number of nitrogens with zero attached hydrogens (tertiary/aromatic N) is 5. The predicted molar refractivity (Wildman–Crippen MR) is 111 cm³/mol. The Morgan fingerprint density at radius 2 is 2.04 bits per heavy atom. The maximum atomic E-state index is 13.7. The van der Waals surface area contributed by atoms with Crippen LogP contribution in [0, 0.1) is 5.82 Å². The number of carbonyl (C=O) groups is 1. The molecule has 3 aromatic rings. The van der Waals surface area contributed by atoms with Gasteiger partial charge in [0.25, 0.3) is 0 Å². The van der Waals surface area contributed by atoms with E-state index in [0.29, 0.717) is 0 Å². The van der Waals surface area contributed by atoms with Gasteiger partial charge < -0.3 is 10.2 Å². The Hall–Kier alpha value is -2.30. The molecule has 0 radical (unpaired) electrons. The van der Waals surface area contributed by atoms with E-state index in [1.54, 1.807) is 47.6 Å². The number of rotatable bonds is 5. The Kier molecular flexibility index (Phi) is 5.69. The van der Waals surface area contributed by atoms with Gasteiger partial charge in [-0.15, -0.1) is 11.3 Å². The third-order valence-electron chi connectivity index (χ3n) is 4.51. The van der Waals surface area contributed by atoms with E-state index in [0.717, 1.165) is 46.7 Å². The van der Waals surface area contributed by atoms with E-state index in [9.17, 15) is 9.18 Å². The lowest BCUT2D eigenvalue weighted by Gasteiger charge is -2.35. The Balaban J connectivity index is 1.37. The first-order valence-corrected chi connectivity index (χ1v) is 10.9. The molecule has 146 valence electrons. The maximum Gasteiger partial charge on any atom is 0.238 e. The summed E-state index contributed by atoms with van der Waals surface area (Å²) in [5.41, 5.74) is 0.940. The second kappa shape index (κ2) is 8.38. The molecule has 0 aliphatic carbocycles. The Morgan fingerprint density at radius 3 is 2.79 bits per heavy atom. The molecule has 1 saturated heterocycles. The number of halogens is 1. The van der Waals surface area contributed by atoms with Crippen LogP contribution in [0.5, 0.6) is 0 Å². The fraction of sp³-hybridized carbons (Fsp3) is 0.333. The van der Waals surface area contributed by atoms with Gasteiger partial charge in [0.05, 0.1) is 12.2 Å². The van der Waals surface area contributed by atoms with Gasteiger partial charge in [-0.2, -0.15) is 0 Å². The smallest absolute Gasteiger partial charge is 0.238 e. The highest BCUT2D eigenvalue weighted by atomic mass is 32.2. The van der Waals surface area contributed by atoms with E-state index < -0.39 is 5.82 Å². The number of fused-ring (bicyclic) bond motifs is 1. The molecule has 1 aliphatic rings. The minimum atomic E-state index is -0.428. The topological polar surface area (TPSA) is 74.2 Å². The molecule has 1 N–H and O–H groups in total. The van der Waals surface area contributed by atoms with E-state index >= 15 is 0 Å². The van der Waals surface area contributed by atoms with E-state index in [1.807, 2.05) is 6.26 Å². The normalized spacial score (nSPS) is 15.1. The Labute approximate surface area is 170 Å². The molecule has 1 aliphatic heterocycles. The van der Waals surface area contributed by atoms with Crippen LogP contribution in [0.15, 0.2) is 34.9 Å². The SMILES string of the molecule is CSc1nc2ncnc(N3CCN(CC(=O)Nc4ccccc4F)CC3)c2s1. The van der Waals surface area contributed by atoms with Crippen molar-refractivity contribution >= 4 is 50.9 Å². The molecule has 1 amide bonds. The van der Waals surface area contributed by atoms with Crippen molar-refractivity contribution in [2.24, 2.45) is 0 Å². The predicted octanol–water partition coefficient (Wildman–Crippen LogP) is 2.71. The summed E-state index contributed by atoms with van der Waals surface area (Å²) < 4.78 is 15.6. The van der Waals surface area contributed by atoms with Gasteiger partial charge in [0.1, 0.15) is 16.8 Å². The first kappa shape index (κ1) is 19.0. The first-order chi connectivity index (χ1) is 13.6. The average Bonchev–Trinajstić information content (AvgIpc) is 3.14. The van der Waals surface area contributed by atoms with Crippen LogP contribution >= 0.6 is 23.1 Å². The molecule has 3 heterocycles. The second-order valence-electron chi connectivity index (χ2n) is 6.33. The number of thioether (sulfide) groups is 1. The third-order valence-corrected chi connectivity index (χ3v) is 6.54. The van der Waals surface area contributed by atoms with Gasteiger partial charge in [-0.1, -0.05) is 23.9 Å². The Morgan fingerprint density at radius 1 is 1.25 bits per heavy atom. The van der Waals surface area contributed by atoms with Crippen LogP contribution in [-0.2, 0) is 4.79 Å². The summed E-state index contributed by atoms with van der Waals surface area (Å²) in [5, 5.41) is 2.64. The van der Waals surface area contributed by atoms with E-state index in [1.165, 1.54) is 6.07 Å². The summed E-state index contributed by atoms with van der Waals surface area (Å²) in [5.74, 6) is 0.260. The van der Waals surface area contributed by atoms with Gasteiger partial charge in [-0.3, -0.25) is 9.69 Å². The van der Waals surface area contributed by atoms with Crippen LogP contribution in [0.1, 0.15) is 0 Å². The molecule has 0 saturated carbocycles. The molecular weight excluding hydrogens is 399 g/mol. The van der Waals surface area contributed by atoms with Crippen molar-refractivity contribution in [1.82, 2.24) is 19.9 Å². The van der Waals surface area contributed by atoms with Crippen molar-refractivity contribution in [3.05, 3.63) is 36.4 Å². The number of para-hydroxylation sites is 1. The summed E-state index contributed by atoms with van der Waals surface area (Å²) in [4.78, 5) is 29.7. The van der Waals surface area contributed by atoms with Crippen LogP contribution in [0.25, 0.3) is 10.3 Å². The highest BCUT2D eigenvalue weighted by molar-refractivity contribution is 8.00. The molecule has 0 spiro atoms. The van der Waals surface area contributed by atoms with Crippen molar-refractivity contribution in [2.45, 2.75) is 4.34 Å². The number of piperazine rings is 1. The molecule has 1 aromatic carbocycles. The van der Waals surface area contributed by atoms with Gasteiger partial charge in [-0.25, -0.2) is 19.3 Å². The summed E-state index contributed by atoms with van der Waals surface area (Å²) in [6, 6.07) is 6.18. The quantitative estimate of drug-likeness (QED) is 0.639. The average molecular weight is 419 g/mol. The second-order valence-corrected chi connectivity index (χ2v) is 8.38. The van der Waals surface area contributed by atoms with Gasteiger partial charge >= 0.3 is 0 Å². The monoisotopic (exact) mass is 418 g/mol. The van der Waals surface area contributed by atoms with Gasteiger partial charge in [0.2, 0.25) is 5.91 Å². The number of hydrogen-bond acceptors (Lipinski definition) is 8. The van der Waals surface area contributed by atoms with E-state index in [4.69, 9.17) is 0 Å². The fourth-order valence-electron chi connectivity index (χ4n) is 3.11. The summed E-state index contributed by atoms with van der Waals surface area (Å²) in [7, 11) is 0. The zero-order valence-electron chi connectivity index (χ0n) is 15.3. The molecule has 0 atom stereocenters. The number of thiazole rings is 1. The number of benzene rings is 1. The lowest BCUT2D eigenvalue weighted by Crippen LogP contribution is -2.49. The molecule has 4 rings (SSSR count). The van der Waals surface area contributed by atoms with Crippen molar-refractivity contribution in [2.75, 3.05) is 49.2 Å². The number of nitrogens with one attached hydrogen (secondary N) is 1. The van der Waals surface area contributed by atoms with Crippen LogP contribution in [0.4, 0.5) is 15.9 Å². The van der Waals surface area contributed by atoms with Crippen LogP contribution in [-0.4, -0.2) is 64.7 Å². The molecular formula is C18H19FN6OS2. The molecule has 1 fully saturated rings. The molecule has 2 aromatic heterocycles. The zero-order chi connectivity index (χ0) is 19.5. The van der Waals surface area contributed by atoms with Gasteiger partial charge in [-0.05, 0) is 18.4 Å². The molecule has 0 bridgehead atoms. The number of amides is 1. The van der Waals surface area contributed by atoms with E-state index in [-0.39, 0.29) is 18.1 Å². The third kappa shape index (κ3) is 4.08. The maximum absolute atomic E-state index is 13.7. The zero-order valence-corrected chi connectivity index (χ0v) is 16.9. The minimum Gasteiger partial charge on any atom is -0.353 e. The number of carbonyl (C=O) groups excluding carboxylic acids is 1. The van der Waals surface area contributed by atoms with Gasteiger partial charge in [0, 0.05) is 26.2 Å². The molecule has 10 heteroatoms. The Bertz CT molecular complexity index is 989. The number of hydrogen-bond donors (Lipinski definition) is 1. The van der Waals surface area contributed by atoms with Crippen molar-refractivity contribution in [3.63, 3.8) is 0 Å². The summed E-state index contributed by atoms with van der Waals surface area (Å²) in [6.07, 6.45) is 3.55. The minimum absolute atomic E-state index is 0.212. The lowest BCUT2D eigenvalue weighted by molar-refractivity contribution is -0.117. The van der Waals surface area contributed by atoms with Crippen LogP contribution in [0.2, 0.25) is 0 Å². The molecule has 28 heavy (non-hydrogen) atoms. The van der Waals surface area contributed by atoms with Crippen LogP contribution in [0.3, 0.4) is 0 Å².